The Morgan fingerprint density at radius 3 is 2.35 bits per heavy atom. The lowest BCUT2D eigenvalue weighted by atomic mass is 9.99. The molecule has 3 nitrogen and oxygen atoms in total. The molecule has 0 saturated heterocycles. The predicted molar refractivity (Wildman–Crippen MR) is 98.3 cm³/mol. The summed E-state index contributed by atoms with van der Waals surface area (Å²) in [4.78, 5) is 9.03. The second-order valence-corrected chi connectivity index (χ2v) is 6.72. The van der Waals surface area contributed by atoms with Crippen LogP contribution in [0.4, 0.5) is 0 Å². The van der Waals surface area contributed by atoms with Gasteiger partial charge < -0.3 is 4.84 Å². The van der Waals surface area contributed by atoms with E-state index < -0.39 is 0 Å². The van der Waals surface area contributed by atoms with Crippen LogP contribution >= 0.6 is 0 Å². The highest BCUT2D eigenvalue weighted by Crippen LogP contribution is 2.15. The maximum absolute atomic E-state index is 4.86. The highest BCUT2D eigenvalue weighted by Gasteiger charge is 2.01. The fraction of sp³-hybridized carbons (Fsp3) is 0.750. The van der Waals surface area contributed by atoms with Crippen LogP contribution in [0.15, 0.2) is 24.5 Å². The van der Waals surface area contributed by atoms with Crippen molar-refractivity contribution < 1.29 is 4.84 Å². The SMILES string of the molecule is CONCCC(C)CCCCCCCCCCc1cccnc1. The van der Waals surface area contributed by atoms with E-state index in [4.69, 9.17) is 4.84 Å². The zero-order valence-electron chi connectivity index (χ0n) is 15.2. The topological polar surface area (TPSA) is 34.1 Å². The number of pyridine rings is 1. The third-order valence-corrected chi connectivity index (χ3v) is 4.52. The fourth-order valence-corrected chi connectivity index (χ4v) is 2.98. The van der Waals surface area contributed by atoms with Crippen LogP contribution in [0.1, 0.15) is 76.7 Å². The van der Waals surface area contributed by atoms with Gasteiger partial charge in [0.2, 0.25) is 0 Å². The van der Waals surface area contributed by atoms with Gasteiger partial charge in [0.15, 0.2) is 0 Å². The van der Waals surface area contributed by atoms with E-state index in [1.807, 2.05) is 18.5 Å². The van der Waals surface area contributed by atoms with Crippen molar-refractivity contribution in [2.45, 2.75) is 77.6 Å². The molecule has 0 aliphatic heterocycles. The predicted octanol–water partition coefficient (Wildman–Crippen LogP) is 5.31. The molecule has 0 saturated carbocycles. The molecule has 0 aliphatic rings. The van der Waals surface area contributed by atoms with Gasteiger partial charge in [-0.05, 0) is 36.8 Å². The Labute approximate surface area is 143 Å². The van der Waals surface area contributed by atoms with Gasteiger partial charge in [-0.25, -0.2) is 5.48 Å². The van der Waals surface area contributed by atoms with Crippen molar-refractivity contribution in [2.75, 3.05) is 13.7 Å². The van der Waals surface area contributed by atoms with E-state index in [2.05, 4.69) is 23.5 Å². The van der Waals surface area contributed by atoms with Crippen molar-refractivity contribution in [3.05, 3.63) is 30.1 Å². The van der Waals surface area contributed by atoms with E-state index in [1.165, 1.54) is 76.2 Å². The number of aromatic nitrogens is 1. The third-order valence-electron chi connectivity index (χ3n) is 4.52. The van der Waals surface area contributed by atoms with Crippen molar-refractivity contribution >= 4 is 0 Å². The monoisotopic (exact) mass is 320 g/mol. The zero-order valence-corrected chi connectivity index (χ0v) is 15.2. The summed E-state index contributed by atoms with van der Waals surface area (Å²) in [6.07, 6.45) is 18.7. The fourth-order valence-electron chi connectivity index (χ4n) is 2.98. The lowest BCUT2D eigenvalue weighted by Gasteiger charge is -2.11. The molecule has 1 heterocycles. The molecule has 0 spiro atoms. The van der Waals surface area contributed by atoms with Crippen LogP contribution in [-0.2, 0) is 11.3 Å². The Kier molecular flexibility index (Phi) is 12.8. The molecule has 3 heteroatoms. The molecule has 1 aromatic heterocycles. The zero-order chi connectivity index (χ0) is 16.6. The first-order chi connectivity index (χ1) is 11.3. The molecule has 0 radical (unpaired) electrons. The molecule has 1 unspecified atom stereocenters. The van der Waals surface area contributed by atoms with Crippen LogP contribution < -0.4 is 5.48 Å². The summed E-state index contributed by atoms with van der Waals surface area (Å²) in [5.74, 6) is 0.810. The number of hydrogen-bond acceptors (Lipinski definition) is 3. The summed E-state index contributed by atoms with van der Waals surface area (Å²) < 4.78 is 0. The Morgan fingerprint density at radius 2 is 1.70 bits per heavy atom. The minimum absolute atomic E-state index is 0.810. The largest absolute Gasteiger partial charge is 0.305 e. The van der Waals surface area contributed by atoms with Crippen molar-refractivity contribution in [3.63, 3.8) is 0 Å². The second-order valence-electron chi connectivity index (χ2n) is 6.72. The maximum Gasteiger partial charge on any atom is 0.0572 e. The Morgan fingerprint density at radius 1 is 1.00 bits per heavy atom. The summed E-state index contributed by atoms with van der Waals surface area (Å²) in [5.41, 5.74) is 4.30. The molecule has 0 aromatic carbocycles. The van der Waals surface area contributed by atoms with Gasteiger partial charge in [-0.2, -0.15) is 0 Å². The molecule has 0 amide bonds. The average molecular weight is 321 g/mol. The molecule has 0 aliphatic carbocycles. The summed E-state index contributed by atoms with van der Waals surface area (Å²) >= 11 is 0. The van der Waals surface area contributed by atoms with Crippen LogP contribution in [0, 0.1) is 5.92 Å². The van der Waals surface area contributed by atoms with Crippen molar-refractivity contribution in [3.8, 4) is 0 Å². The summed E-state index contributed by atoms with van der Waals surface area (Å²) in [6.45, 7) is 3.32. The van der Waals surface area contributed by atoms with Gasteiger partial charge in [0.1, 0.15) is 0 Å². The van der Waals surface area contributed by atoms with Gasteiger partial charge in [-0.1, -0.05) is 64.4 Å². The molecule has 23 heavy (non-hydrogen) atoms. The molecular formula is C20H36N2O. The normalized spacial score (nSPS) is 12.4. The Bertz CT molecular complexity index is 356. The van der Waals surface area contributed by atoms with Crippen LogP contribution in [0.25, 0.3) is 0 Å². The summed E-state index contributed by atoms with van der Waals surface area (Å²) in [5, 5.41) is 0. The first-order valence-corrected chi connectivity index (χ1v) is 9.47. The molecule has 1 rings (SSSR count). The number of rotatable bonds is 15. The molecule has 1 aromatic rings. The average Bonchev–Trinajstić information content (AvgIpc) is 2.58. The number of nitrogens with zero attached hydrogens (tertiary/aromatic N) is 1. The van der Waals surface area contributed by atoms with Crippen LogP contribution in [0.2, 0.25) is 0 Å². The Balaban J connectivity index is 1.79. The van der Waals surface area contributed by atoms with E-state index in [0.717, 1.165) is 12.5 Å². The molecule has 1 N–H and O–H groups in total. The minimum atomic E-state index is 0.810. The van der Waals surface area contributed by atoms with Gasteiger partial charge in [-0.3, -0.25) is 4.98 Å². The van der Waals surface area contributed by atoms with Gasteiger partial charge >= 0.3 is 0 Å². The quantitative estimate of drug-likeness (QED) is 0.351. The van der Waals surface area contributed by atoms with E-state index in [9.17, 15) is 0 Å². The molecule has 0 fully saturated rings. The van der Waals surface area contributed by atoms with E-state index in [1.54, 1.807) is 7.11 Å². The molecule has 0 bridgehead atoms. The number of nitrogens with one attached hydrogen (secondary N) is 1. The van der Waals surface area contributed by atoms with Gasteiger partial charge in [0.05, 0.1) is 7.11 Å². The van der Waals surface area contributed by atoms with Crippen LogP contribution in [0.3, 0.4) is 0 Å². The summed E-state index contributed by atoms with van der Waals surface area (Å²) in [6, 6.07) is 4.21. The van der Waals surface area contributed by atoms with E-state index >= 15 is 0 Å². The van der Waals surface area contributed by atoms with Crippen molar-refractivity contribution in [1.82, 2.24) is 10.5 Å². The highest BCUT2D eigenvalue weighted by atomic mass is 16.6. The number of unbranched alkanes of at least 4 members (excludes halogenated alkanes) is 7. The molecule has 132 valence electrons. The van der Waals surface area contributed by atoms with E-state index in [-0.39, 0.29) is 0 Å². The number of hydrogen-bond donors (Lipinski definition) is 1. The van der Waals surface area contributed by atoms with Crippen molar-refractivity contribution in [1.29, 1.82) is 0 Å². The Hall–Kier alpha value is -0.930. The smallest absolute Gasteiger partial charge is 0.0572 e. The maximum atomic E-state index is 4.86. The van der Waals surface area contributed by atoms with Gasteiger partial charge in [0.25, 0.3) is 0 Å². The molecular weight excluding hydrogens is 284 g/mol. The lowest BCUT2D eigenvalue weighted by molar-refractivity contribution is 0.0874. The third kappa shape index (κ3) is 12.2. The number of hydroxylamine groups is 1. The first-order valence-electron chi connectivity index (χ1n) is 9.47. The van der Waals surface area contributed by atoms with Crippen LogP contribution in [-0.4, -0.2) is 18.6 Å². The second kappa shape index (κ2) is 14.6. The van der Waals surface area contributed by atoms with Crippen LogP contribution in [0.5, 0.6) is 0 Å². The summed E-state index contributed by atoms with van der Waals surface area (Å²) in [7, 11) is 1.68. The highest BCUT2D eigenvalue weighted by molar-refractivity contribution is 5.08. The van der Waals surface area contributed by atoms with Gasteiger partial charge in [0, 0.05) is 18.9 Å². The molecule has 1 atom stereocenters. The van der Waals surface area contributed by atoms with E-state index in [0.29, 0.717) is 0 Å². The van der Waals surface area contributed by atoms with Crippen molar-refractivity contribution in [2.24, 2.45) is 5.92 Å². The first kappa shape index (κ1) is 20.1. The lowest BCUT2D eigenvalue weighted by Crippen LogP contribution is -2.15. The van der Waals surface area contributed by atoms with Gasteiger partial charge in [-0.15, -0.1) is 0 Å². The minimum Gasteiger partial charge on any atom is -0.305 e. The number of aryl methyl sites for hydroxylation is 1. The standard InChI is InChI=1S/C20H36N2O/c1-19(15-17-22-23-2)12-9-7-5-3-4-6-8-10-13-20-14-11-16-21-18-20/h11,14,16,18-19,22H,3-10,12-13,15,17H2,1-2H3.